The van der Waals surface area contributed by atoms with Crippen LogP contribution >= 0.6 is 0 Å². The Hall–Kier alpha value is -2.18. The van der Waals surface area contributed by atoms with Gasteiger partial charge in [0.15, 0.2) is 5.76 Å². The number of benzene rings is 1. The number of nitrogens with zero attached hydrogens (tertiary/aromatic N) is 2. The first-order chi connectivity index (χ1) is 12.1. The second-order valence-electron chi connectivity index (χ2n) is 6.61. The lowest BCUT2D eigenvalue weighted by molar-refractivity contribution is -0.135. The Labute approximate surface area is 148 Å². The molecule has 6 nitrogen and oxygen atoms in total. The fourth-order valence-corrected chi connectivity index (χ4v) is 3.56. The number of methoxy groups -OCH3 is 1. The predicted molar refractivity (Wildman–Crippen MR) is 95.0 cm³/mol. The smallest absolute Gasteiger partial charge is 0.242 e. The molecule has 2 aromatic rings. The van der Waals surface area contributed by atoms with E-state index >= 15 is 0 Å². The van der Waals surface area contributed by atoms with E-state index < -0.39 is 5.54 Å². The maximum Gasteiger partial charge on any atom is 0.242 e. The van der Waals surface area contributed by atoms with Gasteiger partial charge in [0.1, 0.15) is 11.2 Å². The van der Waals surface area contributed by atoms with Gasteiger partial charge < -0.3 is 14.6 Å². The molecule has 1 atom stereocenters. The lowest BCUT2D eigenvalue weighted by Gasteiger charge is -2.35. The highest BCUT2D eigenvalue weighted by atomic mass is 16.5. The Kier molecular flexibility index (Phi) is 5.20. The van der Waals surface area contributed by atoms with Crippen LogP contribution in [-0.2, 0) is 16.1 Å². The molecule has 134 valence electrons. The van der Waals surface area contributed by atoms with Crippen molar-refractivity contribution in [1.82, 2.24) is 15.4 Å². The number of nitrogens with one attached hydrogen (secondary N) is 1. The highest BCUT2D eigenvalue weighted by molar-refractivity contribution is 5.86. The van der Waals surface area contributed by atoms with Crippen molar-refractivity contribution in [2.24, 2.45) is 0 Å². The van der Waals surface area contributed by atoms with Gasteiger partial charge in [0.05, 0.1) is 13.2 Å². The van der Waals surface area contributed by atoms with E-state index in [0.717, 1.165) is 36.4 Å². The van der Waals surface area contributed by atoms with Crippen LogP contribution in [0.2, 0.25) is 0 Å². The molecule has 1 amide bonds. The number of hydrogen-bond acceptors (Lipinski definition) is 5. The van der Waals surface area contributed by atoms with Crippen molar-refractivity contribution in [3.8, 4) is 11.3 Å². The number of aryl methyl sites for hydroxylation is 1. The molecular formula is C19H25N3O3. The number of amides is 1. The summed E-state index contributed by atoms with van der Waals surface area (Å²) in [5.41, 5.74) is 2.41. The van der Waals surface area contributed by atoms with Crippen LogP contribution in [0.15, 0.2) is 34.9 Å². The molecular weight excluding hydrogens is 318 g/mol. The summed E-state index contributed by atoms with van der Waals surface area (Å²) >= 11 is 0. The summed E-state index contributed by atoms with van der Waals surface area (Å²) in [6, 6.07) is 10.1. The van der Waals surface area contributed by atoms with Crippen LogP contribution in [0.4, 0.5) is 0 Å². The number of aromatic nitrogens is 1. The third kappa shape index (κ3) is 3.45. The quantitative estimate of drug-likeness (QED) is 0.872. The minimum Gasteiger partial charge on any atom is -0.382 e. The average Bonchev–Trinajstić information content (AvgIpc) is 3.24. The second-order valence-corrected chi connectivity index (χ2v) is 6.61. The van der Waals surface area contributed by atoms with Crippen molar-refractivity contribution in [2.75, 3.05) is 27.3 Å². The fraction of sp³-hybridized carbons (Fsp3) is 0.474. The van der Waals surface area contributed by atoms with E-state index in [9.17, 15) is 4.79 Å². The summed E-state index contributed by atoms with van der Waals surface area (Å²) in [5.74, 6) is 0.743. The van der Waals surface area contributed by atoms with Gasteiger partial charge in [0.25, 0.3) is 0 Å². The highest BCUT2D eigenvalue weighted by Crippen LogP contribution is 2.32. The van der Waals surface area contributed by atoms with Gasteiger partial charge in [-0.25, -0.2) is 0 Å². The maximum absolute atomic E-state index is 12.5. The SMILES string of the molecule is CNC(=O)C1(COC)CCCN1Cc1cc(-c2ccc(C)cc2)no1. The van der Waals surface area contributed by atoms with E-state index in [1.165, 1.54) is 5.56 Å². The standard InChI is InChI=1S/C19H25N3O3/c1-14-5-7-15(8-6-14)17-11-16(25-21-17)12-22-10-4-9-19(22,13-24-3)18(23)20-2/h5-8,11H,4,9-10,12-13H2,1-3H3,(H,20,23). The number of ether oxygens (including phenoxy) is 1. The number of rotatable bonds is 6. The van der Waals surface area contributed by atoms with Crippen molar-refractivity contribution in [3.63, 3.8) is 0 Å². The van der Waals surface area contributed by atoms with Crippen LogP contribution in [0, 0.1) is 6.92 Å². The normalized spacial score (nSPS) is 20.8. The van der Waals surface area contributed by atoms with Crippen molar-refractivity contribution in [1.29, 1.82) is 0 Å². The molecule has 0 aliphatic carbocycles. The first-order valence-corrected chi connectivity index (χ1v) is 8.58. The van der Waals surface area contributed by atoms with Gasteiger partial charge >= 0.3 is 0 Å². The minimum atomic E-state index is -0.639. The molecule has 0 bridgehead atoms. The van der Waals surface area contributed by atoms with E-state index in [1.54, 1.807) is 14.2 Å². The van der Waals surface area contributed by atoms with Crippen LogP contribution in [0.25, 0.3) is 11.3 Å². The molecule has 1 fully saturated rings. The molecule has 6 heteroatoms. The summed E-state index contributed by atoms with van der Waals surface area (Å²) in [6.45, 7) is 3.79. The number of likely N-dealkylation sites (N-methyl/N-ethyl adjacent to an activating group) is 1. The second kappa shape index (κ2) is 7.37. The van der Waals surface area contributed by atoms with E-state index in [-0.39, 0.29) is 5.91 Å². The zero-order valence-electron chi connectivity index (χ0n) is 15.0. The van der Waals surface area contributed by atoms with Crippen molar-refractivity contribution >= 4 is 5.91 Å². The summed E-state index contributed by atoms with van der Waals surface area (Å²) < 4.78 is 10.9. The van der Waals surface area contributed by atoms with Gasteiger partial charge in [0, 0.05) is 25.8 Å². The molecule has 1 N–H and O–H groups in total. The Bertz CT molecular complexity index is 726. The van der Waals surface area contributed by atoms with Crippen LogP contribution < -0.4 is 5.32 Å². The molecule has 25 heavy (non-hydrogen) atoms. The highest BCUT2D eigenvalue weighted by Gasteiger charge is 2.47. The van der Waals surface area contributed by atoms with Crippen molar-refractivity contribution < 1.29 is 14.1 Å². The zero-order chi connectivity index (χ0) is 17.9. The van der Waals surface area contributed by atoms with Gasteiger partial charge in [-0.05, 0) is 26.3 Å². The summed E-state index contributed by atoms with van der Waals surface area (Å²) in [4.78, 5) is 14.6. The van der Waals surface area contributed by atoms with E-state index in [4.69, 9.17) is 9.26 Å². The Balaban J connectivity index is 1.79. The van der Waals surface area contributed by atoms with Gasteiger partial charge in [-0.1, -0.05) is 35.0 Å². The first-order valence-electron chi connectivity index (χ1n) is 8.58. The van der Waals surface area contributed by atoms with Gasteiger partial charge in [-0.15, -0.1) is 0 Å². The third-order valence-corrected chi connectivity index (χ3v) is 4.91. The predicted octanol–water partition coefficient (Wildman–Crippen LogP) is 2.38. The number of carbonyl (C=O) groups excluding carboxylic acids is 1. The first kappa shape index (κ1) is 17.6. The molecule has 1 aromatic heterocycles. The molecule has 0 saturated carbocycles. The lowest BCUT2D eigenvalue weighted by Crippen LogP contribution is -2.57. The lowest BCUT2D eigenvalue weighted by atomic mass is 9.95. The largest absolute Gasteiger partial charge is 0.382 e. The van der Waals surface area contributed by atoms with Crippen molar-refractivity contribution in [2.45, 2.75) is 31.8 Å². The van der Waals surface area contributed by atoms with Crippen molar-refractivity contribution in [3.05, 3.63) is 41.7 Å². The van der Waals surface area contributed by atoms with E-state index in [0.29, 0.717) is 13.2 Å². The summed E-state index contributed by atoms with van der Waals surface area (Å²) in [7, 11) is 3.30. The van der Waals surface area contributed by atoms with E-state index in [1.807, 2.05) is 18.2 Å². The maximum atomic E-state index is 12.5. The molecule has 1 aliphatic heterocycles. The van der Waals surface area contributed by atoms with Crippen LogP contribution in [0.3, 0.4) is 0 Å². The number of hydrogen-bond donors (Lipinski definition) is 1. The van der Waals surface area contributed by atoms with Crippen LogP contribution in [-0.4, -0.2) is 48.8 Å². The molecule has 1 saturated heterocycles. The molecule has 1 aromatic carbocycles. The molecule has 2 heterocycles. The van der Waals surface area contributed by atoms with Gasteiger partial charge in [-0.2, -0.15) is 0 Å². The molecule has 0 spiro atoms. The summed E-state index contributed by atoms with van der Waals surface area (Å²) in [5, 5.41) is 6.96. The molecule has 1 unspecified atom stereocenters. The zero-order valence-corrected chi connectivity index (χ0v) is 15.0. The third-order valence-electron chi connectivity index (χ3n) is 4.91. The summed E-state index contributed by atoms with van der Waals surface area (Å²) in [6.07, 6.45) is 1.73. The average molecular weight is 343 g/mol. The van der Waals surface area contributed by atoms with Crippen LogP contribution in [0.1, 0.15) is 24.2 Å². The Morgan fingerprint density at radius 3 is 2.84 bits per heavy atom. The fourth-order valence-electron chi connectivity index (χ4n) is 3.56. The minimum absolute atomic E-state index is 0.00915. The van der Waals surface area contributed by atoms with Crippen LogP contribution in [0.5, 0.6) is 0 Å². The Morgan fingerprint density at radius 2 is 2.16 bits per heavy atom. The Morgan fingerprint density at radius 1 is 1.40 bits per heavy atom. The monoisotopic (exact) mass is 343 g/mol. The topological polar surface area (TPSA) is 67.6 Å². The molecule has 1 aliphatic rings. The number of carbonyl (C=O) groups is 1. The van der Waals surface area contributed by atoms with Gasteiger partial charge in [0.2, 0.25) is 5.91 Å². The molecule has 0 radical (unpaired) electrons. The molecule has 3 rings (SSSR count). The number of likely N-dealkylation sites (tertiary alicyclic amines) is 1. The van der Waals surface area contributed by atoms with E-state index in [2.05, 4.69) is 34.4 Å². The van der Waals surface area contributed by atoms with Gasteiger partial charge in [-0.3, -0.25) is 9.69 Å².